The number of likely N-dealkylation sites (tertiary alicyclic amines) is 9. The number of aliphatic hydroxyl groups is 9. The second-order valence-electron chi connectivity index (χ2n) is 22.1. The molecule has 9 saturated heterocycles. The number of primary amides is 1. The molecule has 0 aliphatic carbocycles. The molecule has 1 unspecified atom stereocenters. The van der Waals surface area contributed by atoms with Crippen LogP contribution in [0.4, 0.5) is 0 Å². The van der Waals surface area contributed by atoms with E-state index < -0.39 is 195 Å². The smallest absolute Gasteiger partial charge is 0.246 e. The molecular formula is C47H68N10O19. The van der Waals surface area contributed by atoms with Gasteiger partial charge in [0.25, 0.3) is 0 Å². The molecule has 9 fully saturated rings. The first-order valence-corrected chi connectivity index (χ1v) is 26.0. The van der Waals surface area contributed by atoms with Gasteiger partial charge in [0.15, 0.2) is 0 Å². The van der Waals surface area contributed by atoms with Crippen LogP contribution in [0, 0.1) is 0 Å². The van der Waals surface area contributed by atoms with Crippen molar-refractivity contribution in [3.05, 3.63) is 0 Å². The highest BCUT2D eigenvalue weighted by molar-refractivity contribution is 6.00. The maximum atomic E-state index is 14.7. The van der Waals surface area contributed by atoms with Crippen LogP contribution < -0.4 is 5.73 Å². The van der Waals surface area contributed by atoms with Gasteiger partial charge in [-0.2, -0.15) is 0 Å². The molecule has 0 aromatic heterocycles. The Morgan fingerprint density at radius 1 is 0.263 bits per heavy atom. The molecule has 0 spiro atoms. The fourth-order valence-corrected chi connectivity index (χ4v) is 13.3. The normalized spacial score (nSPS) is 38.6. The van der Waals surface area contributed by atoms with Gasteiger partial charge < -0.3 is 95.8 Å². The fourth-order valence-electron chi connectivity index (χ4n) is 13.3. The van der Waals surface area contributed by atoms with Crippen LogP contribution in [0.2, 0.25) is 0 Å². The van der Waals surface area contributed by atoms with Crippen molar-refractivity contribution in [2.75, 3.05) is 58.9 Å². The van der Waals surface area contributed by atoms with E-state index in [9.17, 15) is 93.9 Å². The molecule has 29 heteroatoms. The summed E-state index contributed by atoms with van der Waals surface area (Å²) in [5.74, 6) is -8.01. The third kappa shape index (κ3) is 10.2. The Balaban J connectivity index is 0.895. The summed E-state index contributed by atoms with van der Waals surface area (Å²) >= 11 is 0. The van der Waals surface area contributed by atoms with Gasteiger partial charge >= 0.3 is 0 Å². The molecule has 10 amide bonds. The van der Waals surface area contributed by atoms with Crippen molar-refractivity contribution in [2.24, 2.45) is 5.73 Å². The number of aliphatic hydroxyl groups excluding tert-OH is 9. The van der Waals surface area contributed by atoms with Crippen molar-refractivity contribution in [3.63, 3.8) is 0 Å². The summed E-state index contributed by atoms with van der Waals surface area (Å²) in [5, 5.41) is 96.6. The minimum absolute atomic E-state index is 0.109. The fraction of sp³-hybridized carbons (Fsp3) is 0.787. The monoisotopic (exact) mass is 1080 g/mol. The molecule has 0 aromatic rings. The average Bonchev–Trinajstić information content (AvgIpc) is 4.24. The molecule has 9 aliphatic rings. The van der Waals surface area contributed by atoms with E-state index in [0.29, 0.717) is 0 Å². The second kappa shape index (κ2) is 21.3. The number of hydrogen-bond donors (Lipinski definition) is 10. The molecule has 18 atom stereocenters. The first-order chi connectivity index (χ1) is 35.8. The lowest BCUT2D eigenvalue weighted by Crippen LogP contribution is -2.59. The molecule has 9 aliphatic heterocycles. The highest BCUT2D eigenvalue weighted by Crippen LogP contribution is 2.36. The van der Waals surface area contributed by atoms with Crippen LogP contribution in [0.15, 0.2) is 0 Å². The maximum Gasteiger partial charge on any atom is 0.246 e. The van der Waals surface area contributed by atoms with Crippen LogP contribution in [0.5, 0.6) is 0 Å². The Morgan fingerprint density at radius 3 is 0.553 bits per heavy atom. The van der Waals surface area contributed by atoms with Gasteiger partial charge in [-0.15, -0.1) is 0 Å². The van der Waals surface area contributed by atoms with Crippen molar-refractivity contribution in [3.8, 4) is 0 Å². The summed E-state index contributed by atoms with van der Waals surface area (Å²) in [6.45, 7) is -1.89. The largest absolute Gasteiger partial charge is 0.391 e. The number of carbonyl (C=O) groups excluding carboxylic acids is 10. The van der Waals surface area contributed by atoms with E-state index >= 15 is 0 Å². The van der Waals surface area contributed by atoms with Crippen LogP contribution in [0.1, 0.15) is 64.7 Å². The van der Waals surface area contributed by atoms with Crippen molar-refractivity contribution in [1.29, 1.82) is 0 Å². The van der Waals surface area contributed by atoms with Crippen molar-refractivity contribution >= 4 is 59.1 Å². The second-order valence-corrected chi connectivity index (χ2v) is 22.1. The average molecular weight is 1080 g/mol. The number of nitrogens with two attached hydrogens (primary N) is 1. The number of rotatable bonds is 9. The lowest BCUT2D eigenvalue weighted by atomic mass is 10.1. The van der Waals surface area contributed by atoms with E-state index in [-0.39, 0.29) is 90.5 Å². The van der Waals surface area contributed by atoms with Gasteiger partial charge in [-0.3, -0.25) is 47.9 Å². The number of nitrogens with zero attached hydrogens (tertiary/aromatic N) is 9. The minimum atomic E-state index is -1.49. The molecular weight excluding hydrogens is 1010 g/mol. The van der Waals surface area contributed by atoms with Gasteiger partial charge in [0.05, 0.1) is 54.9 Å². The van der Waals surface area contributed by atoms with E-state index in [1.807, 2.05) is 0 Å². The summed E-state index contributed by atoms with van der Waals surface area (Å²) < 4.78 is 0. The zero-order valence-corrected chi connectivity index (χ0v) is 41.8. The zero-order valence-electron chi connectivity index (χ0n) is 41.8. The van der Waals surface area contributed by atoms with Gasteiger partial charge in [-0.1, -0.05) is 0 Å². The van der Waals surface area contributed by atoms with E-state index in [4.69, 9.17) is 5.73 Å². The van der Waals surface area contributed by atoms with E-state index in [1.54, 1.807) is 0 Å². The van der Waals surface area contributed by atoms with Gasteiger partial charge in [0.1, 0.15) is 54.4 Å². The lowest BCUT2D eigenvalue weighted by Gasteiger charge is -2.37. The first-order valence-electron chi connectivity index (χ1n) is 26.0. The Hall–Kier alpha value is -5.66. The van der Waals surface area contributed by atoms with Crippen molar-refractivity contribution in [1.82, 2.24) is 44.1 Å². The quantitative estimate of drug-likeness (QED) is 0.102. The predicted molar refractivity (Wildman–Crippen MR) is 250 cm³/mol. The Kier molecular flexibility index (Phi) is 15.4. The molecule has 0 bridgehead atoms. The molecule has 0 aromatic carbocycles. The van der Waals surface area contributed by atoms with Gasteiger partial charge in [-0.05, 0) is 0 Å². The van der Waals surface area contributed by atoms with Crippen LogP contribution in [-0.4, -0.2) is 317 Å². The predicted octanol–water partition coefficient (Wildman–Crippen LogP) is -9.85. The van der Waals surface area contributed by atoms with Gasteiger partial charge in [0, 0.05) is 124 Å². The van der Waals surface area contributed by atoms with Crippen LogP contribution in [-0.2, 0) is 47.9 Å². The summed E-state index contributed by atoms with van der Waals surface area (Å²) in [5.41, 5.74) is 5.50. The topological polar surface area (TPSA) is 408 Å². The SMILES string of the molecule is CC(=O)N1C[C@H](O)C[C@H]1C(=O)N1C[C@H](O)C[C@H]1C(=O)N1C[C@H](O)CC1C(=O)N1C[C@H](O)C[C@H]1C(=O)N1C[C@H](O)C[C@H]1C(=O)N1C[C@H](O)C[C@H]1C(=O)N1C[C@H](O)C[C@H]1C(=O)N1C[C@H](O)C[C@H]1C(=O)N1C[C@H](O)C[C@H]1C(N)=O. The van der Waals surface area contributed by atoms with Crippen LogP contribution in [0.25, 0.3) is 0 Å². The molecule has 9 heterocycles. The molecule has 0 radical (unpaired) electrons. The number of amides is 10. The number of carbonyl (C=O) groups is 10. The summed E-state index contributed by atoms with van der Waals surface area (Å²) in [6, 6.07) is -12.3. The molecule has 76 heavy (non-hydrogen) atoms. The number of hydrogen-bond acceptors (Lipinski definition) is 19. The Labute approximate surface area is 434 Å². The van der Waals surface area contributed by atoms with E-state index in [0.717, 1.165) is 39.2 Å². The van der Waals surface area contributed by atoms with Gasteiger partial charge in [-0.25, -0.2) is 0 Å². The molecule has 420 valence electrons. The summed E-state index contributed by atoms with van der Waals surface area (Å²) in [4.78, 5) is 149. The molecule has 0 saturated carbocycles. The molecule has 11 N–H and O–H groups in total. The molecule has 9 rings (SSSR count). The van der Waals surface area contributed by atoms with Gasteiger partial charge in [0.2, 0.25) is 59.1 Å². The van der Waals surface area contributed by atoms with E-state index in [2.05, 4.69) is 0 Å². The highest BCUT2D eigenvalue weighted by Gasteiger charge is 2.56. The van der Waals surface area contributed by atoms with Crippen LogP contribution >= 0.6 is 0 Å². The summed E-state index contributed by atoms with van der Waals surface area (Å²) in [6.07, 6.45) is -13.3. The maximum absolute atomic E-state index is 14.7. The van der Waals surface area contributed by atoms with Crippen LogP contribution in [0.3, 0.4) is 0 Å². The first kappa shape index (κ1) is 55.1. The molecule has 29 nitrogen and oxygen atoms in total. The van der Waals surface area contributed by atoms with E-state index in [1.165, 1.54) is 11.8 Å². The zero-order chi connectivity index (χ0) is 55.1. The standard InChI is InChI=1S/C47H68N10O19/c1-20(58)49-11-22(60)3-31(49)40(69)51-13-24(62)5-33(51)42(71)53-15-26(64)7-35(53)44(73)55-17-28(66)9-37(55)46(75)57-19-29(67)10-38(57)47(76)56-18-27(65)8-36(56)45(74)54-16-25(63)6-34(54)43(72)52-14-23(61)4-32(52)41(70)50-12-21(59)2-30(50)39(48)68/h21-38,59-67H,2-19H2,1H3,(H2,48,68)/t21-,22-,23-,24-,25-,26-,27-,28-,29-,30+,31+,32+,33+,34+,35?,36+,37+,38+/m1/s1. The third-order valence-electron chi connectivity index (χ3n) is 16.8. The minimum Gasteiger partial charge on any atom is -0.391 e. The van der Waals surface area contributed by atoms with Crippen molar-refractivity contribution < 1.29 is 93.9 Å². The van der Waals surface area contributed by atoms with Crippen molar-refractivity contribution in [2.45, 2.75) is 174 Å². The Bertz CT molecular complexity index is 2230. The Morgan fingerprint density at radius 2 is 0.395 bits per heavy atom. The highest BCUT2D eigenvalue weighted by atomic mass is 16.3. The lowest BCUT2D eigenvalue weighted by molar-refractivity contribution is -0.155. The summed E-state index contributed by atoms with van der Waals surface area (Å²) in [7, 11) is 0. The third-order valence-corrected chi connectivity index (χ3v) is 16.8. The number of β-amino-alcohol motifs (C(OH)–C–C–N with tert-alkyl or cyclic N) is 9.